The van der Waals surface area contributed by atoms with Crippen LogP contribution in [0.25, 0.3) is 0 Å². The lowest BCUT2D eigenvalue weighted by atomic mass is 10.1. The second-order valence-corrected chi connectivity index (χ2v) is 8.36. The molecule has 3 aliphatic rings. The molecular weight excluding hydrogens is 357 g/mol. The first kappa shape index (κ1) is 18.8. The van der Waals surface area contributed by atoms with Crippen molar-refractivity contribution in [1.82, 2.24) is 20.4 Å². The highest BCUT2D eigenvalue weighted by atomic mass is 32.2. The first-order valence-corrected chi connectivity index (χ1v) is 9.46. The molecule has 0 bridgehead atoms. The number of nitrogens with zero attached hydrogens (tertiary/aromatic N) is 2. The van der Waals surface area contributed by atoms with E-state index >= 15 is 0 Å². The van der Waals surface area contributed by atoms with Crippen LogP contribution in [0.4, 0.5) is 13.2 Å². The van der Waals surface area contributed by atoms with Gasteiger partial charge >= 0.3 is 6.18 Å². The van der Waals surface area contributed by atoms with Crippen LogP contribution < -0.4 is 10.6 Å². The summed E-state index contributed by atoms with van der Waals surface area (Å²) >= 11 is 1.53. The van der Waals surface area contributed by atoms with E-state index in [2.05, 4.69) is 10.6 Å². The summed E-state index contributed by atoms with van der Waals surface area (Å²) in [7, 11) is 0. The average Bonchev–Trinajstić information content (AvgIpc) is 3.04. The number of thioether (sulfide) groups is 1. The fraction of sp³-hybridized carbons (Fsp3) is 0.867. The largest absolute Gasteiger partial charge is 0.405 e. The van der Waals surface area contributed by atoms with Gasteiger partial charge in [-0.2, -0.15) is 13.2 Å². The fourth-order valence-corrected chi connectivity index (χ4v) is 5.21. The number of rotatable bonds is 4. The number of nitrogens with one attached hydrogen (secondary N) is 2. The van der Waals surface area contributed by atoms with Gasteiger partial charge in [0.05, 0.1) is 4.87 Å². The zero-order chi connectivity index (χ0) is 18.2. The molecule has 25 heavy (non-hydrogen) atoms. The number of halogens is 3. The molecule has 3 unspecified atom stereocenters. The Morgan fingerprint density at radius 3 is 2.76 bits per heavy atom. The first-order chi connectivity index (χ1) is 11.7. The highest BCUT2D eigenvalue weighted by molar-refractivity contribution is 8.01. The van der Waals surface area contributed by atoms with Crippen molar-refractivity contribution >= 4 is 23.6 Å². The molecule has 3 atom stereocenters. The van der Waals surface area contributed by atoms with Gasteiger partial charge in [0, 0.05) is 44.9 Å². The summed E-state index contributed by atoms with van der Waals surface area (Å²) in [6, 6.07) is -2.38. The average molecular weight is 380 g/mol. The third-order valence-electron chi connectivity index (χ3n) is 5.19. The second-order valence-electron chi connectivity index (χ2n) is 6.85. The van der Waals surface area contributed by atoms with E-state index in [9.17, 15) is 22.8 Å². The summed E-state index contributed by atoms with van der Waals surface area (Å²) < 4.78 is 40.2. The van der Waals surface area contributed by atoms with Crippen molar-refractivity contribution in [3.63, 3.8) is 0 Å². The molecule has 0 spiro atoms. The van der Waals surface area contributed by atoms with Crippen molar-refractivity contribution in [2.24, 2.45) is 0 Å². The topological polar surface area (TPSA) is 64.7 Å². The first-order valence-electron chi connectivity index (χ1n) is 8.48. The normalized spacial score (nSPS) is 31.9. The van der Waals surface area contributed by atoms with E-state index in [4.69, 9.17) is 0 Å². The maximum absolute atomic E-state index is 13.4. The SMILES string of the molecule is CC12CCC(=O)N1C(C(=O)NCC(N1CCNCC1)C(F)(F)F)CS2. The van der Waals surface area contributed by atoms with Gasteiger partial charge in [0.1, 0.15) is 12.1 Å². The van der Waals surface area contributed by atoms with Gasteiger partial charge in [0.25, 0.3) is 0 Å². The van der Waals surface area contributed by atoms with Gasteiger partial charge in [0.15, 0.2) is 0 Å². The van der Waals surface area contributed by atoms with Crippen molar-refractivity contribution in [2.45, 2.75) is 42.9 Å². The molecule has 3 rings (SSSR count). The number of piperazine rings is 1. The molecular formula is C15H23F3N4O2S. The van der Waals surface area contributed by atoms with Crippen molar-refractivity contribution in [1.29, 1.82) is 0 Å². The van der Waals surface area contributed by atoms with Crippen LogP contribution in [0.1, 0.15) is 19.8 Å². The van der Waals surface area contributed by atoms with Gasteiger partial charge in [-0.3, -0.25) is 14.5 Å². The number of carbonyl (C=O) groups excluding carboxylic acids is 2. The van der Waals surface area contributed by atoms with Crippen LogP contribution in [-0.2, 0) is 9.59 Å². The van der Waals surface area contributed by atoms with E-state index in [1.807, 2.05) is 6.92 Å². The third kappa shape index (κ3) is 3.75. The van der Waals surface area contributed by atoms with Crippen LogP contribution in [-0.4, -0.2) is 83.2 Å². The Hall–Kier alpha value is -1.00. The molecule has 3 fully saturated rings. The molecule has 142 valence electrons. The minimum absolute atomic E-state index is 0.0953. The van der Waals surface area contributed by atoms with Gasteiger partial charge in [-0.25, -0.2) is 0 Å². The quantitative estimate of drug-likeness (QED) is 0.739. The van der Waals surface area contributed by atoms with Gasteiger partial charge in [-0.05, 0) is 13.3 Å². The lowest BCUT2D eigenvalue weighted by molar-refractivity contribution is -0.184. The number of alkyl halides is 3. The van der Waals surface area contributed by atoms with Crippen molar-refractivity contribution in [2.75, 3.05) is 38.5 Å². The van der Waals surface area contributed by atoms with Crippen LogP contribution in [0.15, 0.2) is 0 Å². The summed E-state index contributed by atoms with van der Waals surface area (Å²) in [6.07, 6.45) is -3.35. The molecule has 2 amide bonds. The molecule has 3 aliphatic heterocycles. The van der Waals surface area contributed by atoms with Gasteiger partial charge in [0.2, 0.25) is 11.8 Å². The minimum atomic E-state index is -4.41. The Morgan fingerprint density at radius 1 is 1.44 bits per heavy atom. The molecule has 0 aromatic heterocycles. The smallest absolute Gasteiger partial charge is 0.352 e. The molecule has 0 aromatic carbocycles. The van der Waals surface area contributed by atoms with E-state index in [0.717, 1.165) is 0 Å². The summed E-state index contributed by atoms with van der Waals surface area (Å²) in [4.78, 5) is 27.0. The number of hydrogen-bond donors (Lipinski definition) is 2. The van der Waals surface area contributed by atoms with E-state index in [1.165, 1.54) is 16.7 Å². The fourth-order valence-electron chi connectivity index (χ4n) is 3.78. The predicted octanol–water partition coefficient (Wildman–Crippen LogP) is 0.393. The predicted molar refractivity (Wildman–Crippen MR) is 88.0 cm³/mol. The number of carbonyl (C=O) groups is 2. The van der Waals surface area contributed by atoms with Crippen molar-refractivity contribution in [3.8, 4) is 0 Å². The Balaban J connectivity index is 1.63. The van der Waals surface area contributed by atoms with E-state index in [1.54, 1.807) is 4.90 Å². The number of fused-ring (bicyclic) bond motifs is 1. The Morgan fingerprint density at radius 2 is 2.12 bits per heavy atom. The molecule has 0 radical (unpaired) electrons. The van der Waals surface area contributed by atoms with Crippen LogP contribution in [0.2, 0.25) is 0 Å². The van der Waals surface area contributed by atoms with E-state index in [0.29, 0.717) is 44.8 Å². The lowest BCUT2D eigenvalue weighted by Crippen LogP contribution is -2.59. The van der Waals surface area contributed by atoms with Crippen molar-refractivity contribution in [3.05, 3.63) is 0 Å². The maximum atomic E-state index is 13.4. The number of hydrogen-bond acceptors (Lipinski definition) is 5. The maximum Gasteiger partial charge on any atom is 0.405 e. The highest BCUT2D eigenvalue weighted by Crippen LogP contribution is 2.47. The van der Waals surface area contributed by atoms with E-state index < -0.39 is 35.6 Å². The summed E-state index contributed by atoms with van der Waals surface area (Å²) in [6.45, 7) is 3.02. The summed E-state index contributed by atoms with van der Waals surface area (Å²) in [5.41, 5.74) is 0. The van der Waals surface area contributed by atoms with Gasteiger partial charge < -0.3 is 15.5 Å². The Labute approximate surface area is 148 Å². The van der Waals surface area contributed by atoms with Crippen molar-refractivity contribution < 1.29 is 22.8 Å². The molecule has 0 aliphatic carbocycles. The van der Waals surface area contributed by atoms with Crippen LogP contribution >= 0.6 is 11.8 Å². The van der Waals surface area contributed by atoms with Crippen LogP contribution in [0.3, 0.4) is 0 Å². The minimum Gasteiger partial charge on any atom is -0.352 e. The highest BCUT2D eigenvalue weighted by Gasteiger charge is 2.53. The molecule has 0 saturated carbocycles. The lowest BCUT2D eigenvalue weighted by Gasteiger charge is -2.36. The van der Waals surface area contributed by atoms with E-state index in [-0.39, 0.29) is 5.91 Å². The summed E-state index contributed by atoms with van der Waals surface area (Å²) in [5.74, 6) is -0.156. The monoisotopic (exact) mass is 380 g/mol. The van der Waals surface area contributed by atoms with Crippen LogP contribution in [0.5, 0.6) is 0 Å². The molecule has 6 nitrogen and oxygen atoms in total. The Bertz CT molecular complexity index is 541. The molecule has 3 heterocycles. The second kappa shape index (κ2) is 6.96. The third-order valence-corrected chi connectivity index (χ3v) is 6.69. The molecule has 3 saturated heterocycles. The molecule has 2 N–H and O–H groups in total. The molecule has 10 heteroatoms. The molecule has 0 aromatic rings. The zero-order valence-corrected chi connectivity index (χ0v) is 14.9. The van der Waals surface area contributed by atoms with Gasteiger partial charge in [-0.1, -0.05) is 0 Å². The van der Waals surface area contributed by atoms with Gasteiger partial charge in [-0.15, -0.1) is 11.8 Å². The number of amides is 2. The summed E-state index contributed by atoms with van der Waals surface area (Å²) in [5, 5.41) is 5.47. The Kier molecular flexibility index (Phi) is 5.23. The van der Waals surface area contributed by atoms with Crippen LogP contribution in [0, 0.1) is 0 Å². The standard InChI is InChI=1S/C15H23F3N4O2S/c1-14-3-2-12(23)22(14)10(9-25-14)13(24)20-8-11(15(16,17)18)21-6-4-19-5-7-21/h10-11,19H,2-9H2,1H3,(H,20,24). The zero-order valence-electron chi connectivity index (χ0n) is 14.1.